The minimum absolute atomic E-state index is 0.523. The molecule has 0 radical (unpaired) electrons. The van der Waals surface area contributed by atoms with Gasteiger partial charge in [0.05, 0.1) is 0 Å². The number of fused-ring (bicyclic) bond motifs is 1. The fourth-order valence-electron chi connectivity index (χ4n) is 3.04. The Kier molecular flexibility index (Phi) is 4.33. The third kappa shape index (κ3) is 3.19. The minimum atomic E-state index is 0.523. The normalized spacial score (nSPS) is 18.4. The number of aromatic amines is 1. The summed E-state index contributed by atoms with van der Waals surface area (Å²) < 4.78 is 0. The van der Waals surface area contributed by atoms with Crippen molar-refractivity contribution in [3.8, 4) is 0 Å². The van der Waals surface area contributed by atoms with Gasteiger partial charge in [-0.05, 0) is 50.6 Å². The molecule has 0 aliphatic carbocycles. The summed E-state index contributed by atoms with van der Waals surface area (Å²) in [5.41, 5.74) is 2.28. The van der Waals surface area contributed by atoms with Gasteiger partial charge in [-0.25, -0.2) is 4.98 Å². The molecule has 3 heterocycles. The van der Waals surface area contributed by atoms with Crippen LogP contribution in [0.3, 0.4) is 0 Å². The molecular weight excluding hydrogens is 248 g/mol. The van der Waals surface area contributed by atoms with E-state index in [0.717, 1.165) is 18.7 Å². The molecule has 0 aromatic carbocycles. The number of pyridine rings is 1. The number of likely N-dealkylation sites (tertiary alicyclic amines) is 1. The maximum absolute atomic E-state index is 4.33. The Morgan fingerprint density at radius 2 is 2.20 bits per heavy atom. The van der Waals surface area contributed by atoms with Crippen LogP contribution in [0.25, 0.3) is 11.0 Å². The average molecular weight is 272 g/mol. The van der Waals surface area contributed by atoms with Gasteiger partial charge in [-0.15, -0.1) is 0 Å². The fourth-order valence-corrected chi connectivity index (χ4v) is 3.04. The van der Waals surface area contributed by atoms with Crippen LogP contribution < -0.4 is 5.32 Å². The van der Waals surface area contributed by atoms with E-state index in [-0.39, 0.29) is 0 Å². The van der Waals surface area contributed by atoms with Gasteiger partial charge >= 0.3 is 0 Å². The zero-order valence-corrected chi connectivity index (χ0v) is 12.2. The second kappa shape index (κ2) is 6.37. The third-order valence-corrected chi connectivity index (χ3v) is 4.16. The molecule has 2 aromatic rings. The van der Waals surface area contributed by atoms with Crippen molar-refractivity contribution in [2.45, 2.75) is 38.8 Å². The fraction of sp³-hybridized carbons (Fsp3) is 0.562. The van der Waals surface area contributed by atoms with E-state index < -0.39 is 0 Å². The molecule has 0 saturated carbocycles. The third-order valence-electron chi connectivity index (χ3n) is 4.16. The van der Waals surface area contributed by atoms with Crippen molar-refractivity contribution in [3.63, 3.8) is 0 Å². The SMILES string of the molecule is CC(CN1CCCCC1)NCc1c[nH]c2ncccc12. The van der Waals surface area contributed by atoms with Gasteiger partial charge in [-0.1, -0.05) is 6.42 Å². The molecule has 20 heavy (non-hydrogen) atoms. The lowest BCUT2D eigenvalue weighted by Crippen LogP contribution is -2.41. The molecule has 1 aliphatic rings. The number of rotatable bonds is 5. The highest BCUT2D eigenvalue weighted by atomic mass is 15.1. The Morgan fingerprint density at radius 3 is 3.05 bits per heavy atom. The molecule has 3 rings (SSSR count). The van der Waals surface area contributed by atoms with Gasteiger partial charge in [-0.3, -0.25) is 0 Å². The van der Waals surface area contributed by atoms with Crippen LogP contribution in [0.5, 0.6) is 0 Å². The number of H-pyrrole nitrogens is 1. The van der Waals surface area contributed by atoms with E-state index in [2.05, 4.69) is 39.4 Å². The maximum Gasteiger partial charge on any atom is 0.137 e. The Morgan fingerprint density at radius 1 is 1.35 bits per heavy atom. The molecule has 0 amide bonds. The molecular formula is C16H24N4. The van der Waals surface area contributed by atoms with E-state index in [4.69, 9.17) is 0 Å². The number of nitrogens with zero attached hydrogens (tertiary/aromatic N) is 2. The van der Waals surface area contributed by atoms with Crippen LogP contribution in [0.2, 0.25) is 0 Å². The van der Waals surface area contributed by atoms with Crippen molar-refractivity contribution >= 4 is 11.0 Å². The molecule has 1 atom stereocenters. The van der Waals surface area contributed by atoms with Gasteiger partial charge in [-0.2, -0.15) is 0 Å². The first kappa shape index (κ1) is 13.6. The smallest absolute Gasteiger partial charge is 0.137 e. The first-order valence-electron chi connectivity index (χ1n) is 7.69. The first-order chi connectivity index (χ1) is 9.83. The topological polar surface area (TPSA) is 44.0 Å². The number of hydrogen-bond donors (Lipinski definition) is 2. The van der Waals surface area contributed by atoms with Gasteiger partial charge < -0.3 is 15.2 Å². The van der Waals surface area contributed by atoms with Crippen LogP contribution in [-0.4, -0.2) is 40.5 Å². The molecule has 2 aromatic heterocycles. The summed E-state index contributed by atoms with van der Waals surface area (Å²) in [6, 6.07) is 4.65. The molecule has 4 nitrogen and oxygen atoms in total. The van der Waals surface area contributed by atoms with Crippen molar-refractivity contribution in [2.75, 3.05) is 19.6 Å². The monoisotopic (exact) mass is 272 g/mol. The summed E-state index contributed by atoms with van der Waals surface area (Å²) in [5, 5.41) is 4.86. The van der Waals surface area contributed by atoms with Gasteiger partial charge in [0.15, 0.2) is 0 Å². The quantitative estimate of drug-likeness (QED) is 0.879. The van der Waals surface area contributed by atoms with Crippen LogP contribution in [0.15, 0.2) is 24.5 Å². The maximum atomic E-state index is 4.33. The van der Waals surface area contributed by atoms with Crippen LogP contribution in [0, 0.1) is 0 Å². The van der Waals surface area contributed by atoms with Crippen molar-refractivity contribution < 1.29 is 0 Å². The van der Waals surface area contributed by atoms with E-state index in [1.807, 2.05) is 12.3 Å². The van der Waals surface area contributed by atoms with E-state index in [9.17, 15) is 0 Å². The minimum Gasteiger partial charge on any atom is -0.346 e. The Labute approximate surface area is 120 Å². The zero-order valence-electron chi connectivity index (χ0n) is 12.2. The number of hydrogen-bond acceptors (Lipinski definition) is 3. The molecule has 1 aliphatic heterocycles. The summed E-state index contributed by atoms with van der Waals surface area (Å²) in [7, 11) is 0. The first-order valence-corrected chi connectivity index (χ1v) is 7.69. The number of nitrogens with one attached hydrogen (secondary N) is 2. The van der Waals surface area contributed by atoms with Crippen LogP contribution in [0.1, 0.15) is 31.7 Å². The summed E-state index contributed by atoms with van der Waals surface area (Å²) >= 11 is 0. The number of piperidine rings is 1. The molecule has 1 saturated heterocycles. The lowest BCUT2D eigenvalue weighted by Gasteiger charge is -2.29. The van der Waals surface area contributed by atoms with Crippen LogP contribution in [0.4, 0.5) is 0 Å². The lowest BCUT2D eigenvalue weighted by atomic mass is 10.1. The average Bonchev–Trinajstić information content (AvgIpc) is 2.89. The van der Waals surface area contributed by atoms with E-state index in [1.165, 1.54) is 43.3 Å². The molecule has 4 heteroatoms. The van der Waals surface area contributed by atoms with Crippen LogP contribution in [-0.2, 0) is 6.54 Å². The molecule has 0 spiro atoms. The van der Waals surface area contributed by atoms with E-state index in [1.54, 1.807) is 0 Å². The second-order valence-electron chi connectivity index (χ2n) is 5.86. The molecule has 1 fully saturated rings. The molecule has 2 N–H and O–H groups in total. The largest absolute Gasteiger partial charge is 0.346 e. The highest BCUT2D eigenvalue weighted by Crippen LogP contribution is 2.15. The van der Waals surface area contributed by atoms with Crippen molar-refractivity contribution in [1.82, 2.24) is 20.2 Å². The van der Waals surface area contributed by atoms with Gasteiger partial charge in [0.2, 0.25) is 0 Å². The predicted molar refractivity (Wildman–Crippen MR) is 82.7 cm³/mol. The van der Waals surface area contributed by atoms with Gasteiger partial charge in [0.1, 0.15) is 5.65 Å². The van der Waals surface area contributed by atoms with Crippen molar-refractivity contribution in [2.24, 2.45) is 0 Å². The van der Waals surface area contributed by atoms with Gasteiger partial charge in [0.25, 0.3) is 0 Å². The highest BCUT2D eigenvalue weighted by molar-refractivity contribution is 5.79. The predicted octanol–water partition coefficient (Wildman–Crippen LogP) is 2.53. The second-order valence-corrected chi connectivity index (χ2v) is 5.86. The summed E-state index contributed by atoms with van der Waals surface area (Å²) in [4.78, 5) is 10.1. The Hall–Kier alpha value is -1.39. The summed E-state index contributed by atoms with van der Waals surface area (Å²) in [6.45, 7) is 6.87. The Balaban J connectivity index is 1.53. The summed E-state index contributed by atoms with van der Waals surface area (Å²) in [6.07, 6.45) is 8.02. The zero-order chi connectivity index (χ0) is 13.8. The van der Waals surface area contributed by atoms with E-state index in [0.29, 0.717) is 6.04 Å². The van der Waals surface area contributed by atoms with E-state index >= 15 is 0 Å². The molecule has 0 bridgehead atoms. The van der Waals surface area contributed by atoms with Crippen molar-refractivity contribution in [3.05, 3.63) is 30.1 Å². The lowest BCUT2D eigenvalue weighted by molar-refractivity contribution is 0.209. The van der Waals surface area contributed by atoms with Crippen LogP contribution >= 0.6 is 0 Å². The van der Waals surface area contributed by atoms with Gasteiger partial charge in [0, 0.05) is 36.9 Å². The molecule has 1 unspecified atom stereocenters. The Bertz CT molecular complexity index is 542. The molecule has 108 valence electrons. The standard InChI is InChI=1S/C16H24N4/c1-13(12-20-8-3-2-4-9-20)18-10-14-11-19-16-15(14)6-5-7-17-16/h5-7,11,13,18H,2-4,8-10,12H2,1H3,(H,17,19). The number of aromatic nitrogens is 2. The highest BCUT2D eigenvalue weighted by Gasteiger charge is 2.13. The van der Waals surface area contributed by atoms with Crippen molar-refractivity contribution in [1.29, 1.82) is 0 Å². The summed E-state index contributed by atoms with van der Waals surface area (Å²) in [5.74, 6) is 0.